The van der Waals surface area contributed by atoms with Gasteiger partial charge in [0.25, 0.3) is 0 Å². The fraction of sp³-hybridized carbons (Fsp3) is 0.500. The minimum atomic E-state index is 0.0539. The van der Waals surface area contributed by atoms with Crippen LogP contribution in [0.15, 0.2) is 18.2 Å². The van der Waals surface area contributed by atoms with E-state index in [2.05, 4.69) is 39.0 Å². The Morgan fingerprint density at radius 3 is 2.40 bits per heavy atom. The summed E-state index contributed by atoms with van der Waals surface area (Å²) in [6, 6.07) is 6.38. The Labute approximate surface area is 91.5 Å². The van der Waals surface area contributed by atoms with Crippen LogP contribution in [0.25, 0.3) is 0 Å². The lowest BCUT2D eigenvalue weighted by Gasteiger charge is -2.21. The zero-order valence-corrected chi connectivity index (χ0v) is 9.71. The number of carbonyl (C=O) groups is 1. The number of rotatable bonds is 2. The molecule has 0 aromatic heterocycles. The van der Waals surface area contributed by atoms with Crippen LogP contribution in [0.1, 0.15) is 61.0 Å². The van der Waals surface area contributed by atoms with Gasteiger partial charge in [-0.25, -0.2) is 0 Å². The zero-order chi connectivity index (χ0) is 11.1. The van der Waals surface area contributed by atoms with Gasteiger partial charge in [0.15, 0.2) is 0 Å². The Morgan fingerprint density at radius 1 is 1.27 bits per heavy atom. The lowest BCUT2D eigenvalue weighted by Crippen LogP contribution is -2.14. The van der Waals surface area contributed by atoms with E-state index < -0.39 is 0 Å². The molecule has 0 unspecified atom stereocenters. The van der Waals surface area contributed by atoms with Gasteiger partial charge in [-0.15, -0.1) is 0 Å². The Morgan fingerprint density at radius 2 is 1.93 bits per heavy atom. The van der Waals surface area contributed by atoms with Gasteiger partial charge >= 0.3 is 0 Å². The molecular weight excluding hydrogens is 184 g/mol. The van der Waals surface area contributed by atoms with Crippen molar-refractivity contribution in [3.05, 3.63) is 34.9 Å². The lowest BCUT2D eigenvalue weighted by molar-refractivity contribution is 0.112. The van der Waals surface area contributed by atoms with Crippen LogP contribution in [0.4, 0.5) is 0 Å². The van der Waals surface area contributed by atoms with Gasteiger partial charge in [0.05, 0.1) is 0 Å². The predicted octanol–water partition coefficient (Wildman–Crippen LogP) is 3.67. The molecule has 1 aromatic carbocycles. The highest BCUT2D eigenvalue weighted by atomic mass is 16.1. The van der Waals surface area contributed by atoms with Crippen molar-refractivity contribution in [1.29, 1.82) is 0 Å². The third-order valence-electron chi connectivity index (χ3n) is 3.06. The molecule has 1 fully saturated rings. The molecule has 2 rings (SSSR count). The third kappa shape index (κ3) is 2.11. The molecule has 15 heavy (non-hydrogen) atoms. The minimum Gasteiger partial charge on any atom is -0.298 e. The monoisotopic (exact) mass is 202 g/mol. The first kappa shape index (κ1) is 10.4. The Bertz CT molecular complexity index is 381. The molecule has 0 saturated heterocycles. The van der Waals surface area contributed by atoms with E-state index >= 15 is 0 Å². The van der Waals surface area contributed by atoms with Crippen LogP contribution in [0.3, 0.4) is 0 Å². The van der Waals surface area contributed by atoms with Crippen LogP contribution in [-0.4, -0.2) is 6.29 Å². The highest BCUT2D eigenvalue weighted by Gasteiger charge is 2.25. The van der Waals surface area contributed by atoms with E-state index in [9.17, 15) is 4.79 Å². The normalized spacial score (nSPS) is 16.5. The SMILES string of the molecule is CC(C)(C)c1ccc(C2CC2)cc1C=O. The molecule has 1 aliphatic rings. The first-order chi connectivity index (χ1) is 7.02. The summed E-state index contributed by atoms with van der Waals surface area (Å²) in [5, 5.41) is 0. The summed E-state index contributed by atoms with van der Waals surface area (Å²) in [5.41, 5.74) is 3.41. The first-order valence-corrected chi connectivity index (χ1v) is 5.62. The van der Waals surface area contributed by atoms with Gasteiger partial charge in [0.2, 0.25) is 0 Å². The largest absolute Gasteiger partial charge is 0.298 e. The maximum atomic E-state index is 11.1. The number of hydrogen-bond donors (Lipinski definition) is 0. The van der Waals surface area contributed by atoms with Crippen molar-refractivity contribution in [2.75, 3.05) is 0 Å². The van der Waals surface area contributed by atoms with E-state index in [1.54, 1.807) is 0 Å². The average Bonchev–Trinajstić information content (AvgIpc) is 2.98. The zero-order valence-electron chi connectivity index (χ0n) is 9.71. The second-order valence-electron chi connectivity index (χ2n) is 5.49. The van der Waals surface area contributed by atoms with Gasteiger partial charge < -0.3 is 0 Å². The van der Waals surface area contributed by atoms with Crippen LogP contribution < -0.4 is 0 Å². The smallest absolute Gasteiger partial charge is 0.150 e. The van der Waals surface area contributed by atoms with Crippen molar-refractivity contribution < 1.29 is 4.79 Å². The second kappa shape index (κ2) is 3.48. The predicted molar refractivity (Wildman–Crippen MR) is 62.5 cm³/mol. The maximum absolute atomic E-state index is 11.1. The van der Waals surface area contributed by atoms with Crippen molar-refractivity contribution in [3.63, 3.8) is 0 Å². The molecule has 1 aromatic rings. The van der Waals surface area contributed by atoms with E-state index in [1.807, 2.05) is 0 Å². The van der Waals surface area contributed by atoms with Crippen LogP contribution in [0.5, 0.6) is 0 Å². The lowest BCUT2D eigenvalue weighted by atomic mass is 9.83. The molecule has 0 atom stereocenters. The summed E-state index contributed by atoms with van der Waals surface area (Å²) in [7, 11) is 0. The van der Waals surface area contributed by atoms with Gasteiger partial charge in [-0.2, -0.15) is 0 Å². The number of aldehydes is 1. The van der Waals surface area contributed by atoms with E-state index in [0.29, 0.717) is 0 Å². The molecule has 0 aliphatic heterocycles. The van der Waals surface area contributed by atoms with Crippen molar-refractivity contribution in [3.8, 4) is 0 Å². The fourth-order valence-corrected chi connectivity index (χ4v) is 2.03. The molecule has 1 aliphatic carbocycles. The molecule has 1 heteroatoms. The average molecular weight is 202 g/mol. The summed E-state index contributed by atoms with van der Waals surface area (Å²) >= 11 is 0. The van der Waals surface area contributed by atoms with Crippen LogP contribution in [0.2, 0.25) is 0 Å². The van der Waals surface area contributed by atoms with E-state index in [4.69, 9.17) is 0 Å². The number of hydrogen-bond acceptors (Lipinski definition) is 1. The van der Waals surface area contributed by atoms with E-state index in [1.165, 1.54) is 18.4 Å². The Balaban J connectivity index is 2.43. The maximum Gasteiger partial charge on any atom is 0.150 e. The third-order valence-corrected chi connectivity index (χ3v) is 3.06. The molecule has 1 saturated carbocycles. The van der Waals surface area contributed by atoms with Gasteiger partial charge in [0.1, 0.15) is 6.29 Å². The van der Waals surface area contributed by atoms with Crippen LogP contribution in [-0.2, 0) is 5.41 Å². The van der Waals surface area contributed by atoms with Crippen molar-refractivity contribution >= 4 is 6.29 Å². The second-order valence-corrected chi connectivity index (χ2v) is 5.49. The summed E-state index contributed by atoms with van der Waals surface area (Å²) in [6.45, 7) is 6.43. The van der Waals surface area contributed by atoms with Gasteiger partial charge in [-0.1, -0.05) is 32.9 Å². The van der Waals surface area contributed by atoms with Crippen molar-refractivity contribution in [2.24, 2.45) is 0 Å². The highest BCUT2D eigenvalue weighted by molar-refractivity contribution is 5.78. The molecule has 0 amide bonds. The van der Waals surface area contributed by atoms with Crippen LogP contribution >= 0.6 is 0 Å². The fourth-order valence-electron chi connectivity index (χ4n) is 2.03. The van der Waals surface area contributed by atoms with Crippen molar-refractivity contribution in [1.82, 2.24) is 0 Å². The number of benzene rings is 1. The van der Waals surface area contributed by atoms with Gasteiger partial charge in [-0.3, -0.25) is 4.79 Å². The summed E-state index contributed by atoms with van der Waals surface area (Å²) in [5.74, 6) is 0.720. The summed E-state index contributed by atoms with van der Waals surface area (Å²) in [4.78, 5) is 11.1. The highest BCUT2D eigenvalue weighted by Crippen LogP contribution is 2.41. The molecule has 0 spiro atoms. The standard InChI is InChI=1S/C14H18O/c1-14(2,3)13-7-6-11(10-4-5-10)8-12(13)9-15/h6-10H,4-5H2,1-3H3. The quantitative estimate of drug-likeness (QED) is 0.669. The number of carbonyl (C=O) groups excluding carboxylic acids is 1. The Hall–Kier alpha value is -1.11. The summed E-state index contributed by atoms with van der Waals surface area (Å²) < 4.78 is 0. The topological polar surface area (TPSA) is 17.1 Å². The van der Waals surface area contributed by atoms with Gasteiger partial charge in [-0.05, 0) is 41.4 Å². The van der Waals surface area contributed by atoms with E-state index in [-0.39, 0.29) is 5.41 Å². The van der Waals surface area contributed by atoms with E-state index in [0.717, 1.165) is 23.3 Å². The molecule has 0 radical (unpaired) electrons. The summed E-state index contributed by atoms with van der Waals surface area (Å²) in [6.07, 6.45) is 3.56. The molecule has 0 bridgehead atoms. The minimum absolute atomic E-state index is 0.0539. The Kier molecular flexibility index (Phi) is 2.41. The molecule has 0 heterocycles. The molecule has 0 N–H and O–H groups in total. The van der Waals surface area contributed by atoms with Crippen LogP contribution in [0, 0.1) is 0 Å². The van der Waals surface area contributed by atoms with Crippen molar-refractivity contribution in [2.45, 2.75) is 44.9 Å². The molecule has 80 valence electrons. The first-order valence-electron chi connectivity index (χ1n) is 5.62. The molecular formula is C14H18O. The molecule has 1 nitrogen and oxygen atoms in total. The van der Waals surface area contributed by atoms with Gasteiger partial charge in [0, 0.05) is 5.56 Å².